The summed E-state index contributed by atoms with van der Waals surface area (Å²) < 4.78 is 30.7. The lowest BCUT2D eigenvalue weighted by Gasteiger charge is -2.23. The molecule has 0 spiro atoms. The van der Waals surface area contributed by atoms with E-state index in [0.29, 0.717) is 55.6 Å². The monoisotopic (exact) mass is 661 g/mol. The minimum absolute atomic E-state index is 0.0945. The van der Waals surface area contributed by atoms with Gasteiger partial charge in [0.15, 0.2) is 11.2 Å². The van der Waals surface area contributed by atoms with Crippen molar-refractivity contribution in [2.45, 2.75) is 51.6 Å². The summed E-state index contributed by atoms with van der Waals surface area (Å²) in [6, 6.07) is 14.5. The number of ether oxygens (including phenoxy) is 2. The molecule has 10 heteroatoms. The molecule has 7 rings (SSSR count). The van der Waals surface area contributed by atoms with E-state index in [9.17, 15) is 9.59 Å². The molecule has 0 bridgehead atoms. The highest BCUT2D eigenvalue weighted by molar-refractivity contribution is 5.98. The summed E-state index contributed by atoms with van der Waals surface area (Å²) in [5.74, 6) is -0.313. The molecule has 2 aromatic carbocycles. The first-order valence-electron chi connectivity index (χ1n) is 16.9. The van der Waals surface area contributed by atoms with E-state index >= 15 is 4.39 Å². The zero-order chi connectivity index (χ0) is 33.9. The van der Waals surface area contributed by atoms with Crippen LogP contribution in [-0.2, 0) is 22.4 Å². The Kier molecular flexibility index (Phi) is 9.50. The fourth-order valence-corrected chi connectivity index (χ4v) is 6.75. The fraction of sp³-hybridized carbons (Fsp3) is 0.333. The topological polar surface area (TPSA) is 114 Å². The molecule has 0 unspecified atom stereocenters. The van der Waals surface area contributed by atoms with E-state index in [1.807, 2.05) is 58.9 Å². The van der Waals surface area contributed by atoms with Crippen LogP contribution >= 0.6 is 0 Å². The SMILES string of the molecule is Cc1ccc(-c2cn(CC3CCOCC3)cc(C(=O)Cc3ccc(-c4cc(-c5cnn(C6CCOCC6)c5)cnc4N)c(F)c3)c2=O)cc1. The molecule has 0 atom stereocenters. The Morgan fingerprint density at radius 1 is 0.857 bits per heavy atom. The highest BCUT2D eigenvalue weighted by Gasteiger charge is 2.21. The van der Waals surface area contributed by atoms with Crippen molar-refractivity contribution in [3.63, 3.8) is 0 Å². The number of benzene rings is 2. The molecule has 252 valence electrons. The maximum absolute atomic E-state index is 15.8. The summed E-state index contributed by atoms with van der Waals surface area (Å²) in [7, 11) is 0. The molecule has 3 aromatic heterocycles. The number of hydrogen-bond donors (Lipinski definition) is 1. The van der Waals surface area contributed by atoms with Crippen molar-refractivity contribution in [1.29, 1.82) is 0 Å². The second-order valence-corrected chi connectivity index (χ2v) is 13.2. The first kappa shape index (κ1) is 32.6. The van der Waals surface area contributed by atoms with Gasteiger partial charge in [0, 0.05) is 92.0 Å². The van der Waals surface area contributed by atoms with Gasteiger partial charge >= 0.3 is 0 Å². The van der Waals surface area contributed by atoms with Gasteiger partial charge in [-0.1, -0.05) is 42.0 Å². The number of hydrogen-bond acceptors (Lipinski definition) is 7. The van der Waals surface area contributed by atoms with E-state index in [4.69, 9.17) is 15.2 Å². The molecule has 2 saturated heterocycles. The molecule has 5 aromatic rings. The van der Waals surface area contributed by atoms with E-state index in [2.05, 4.69) is 10.1 Å². The molecule has 0 saturated carbocycles. The number of ketones is 1. The molecule has 2 aliphatic rings. The maximum atomic E-state index is 15.8. The van der Waals surface area contributed by atoms with Crippen LogP contribution in [0.2, 0.25) is 0 Å². The van der Waals surface area contributed by atoms with Gasteiger partial charge in [-0.25, -0.2) is 9.37 Å². The number of aromatic nitrogens is 4. The zero-order valence-electron chi connectivity index (χ0n) is 27.6. The fourth-order valence-electron chi connectivity index (χ4n) is 6.75. The van der Waals surface area contributed by atoms with Crippen molar-refractivity contribution in [2.24, 2.45) is 5.92 Å². The molecule has 0 radical (unpaired) electrons. The summed E-state index contributed by atoms with van der Waals surface area (Å²) >= 11 is 0. The molecule has 5 heterocycles. The van der Waals surface area contributed by atoms with Crippen molar-refractivity contribution in [2.75, 3.05) is 32.2 Å². The van der Waals surface area contributed by atoms with E-state index in [0.717, 1.165) is 47.9 Å². The quantitative estimate of drug-likeness (QED) is 0.176. The van der Waals surface area contributed by atoms with Crippen molar-refractivity contribution in [3.05, 3.63) is 112 Å². The van der Waals surface area contributed by atoms with Crippen molar-refractivity contribution >= 4 is 11.6 Å². The first-order chi connectivity index (χ1) is 23.8. The van der Waals surface area contributed by atoms with Crippen molar-refractivity contribution in [3.8, 4) is 33.4 Å². The molecular weight excluding hydrogens is 621 g/mol. The van der Waals surface area contributed by atoms with E-state index in [-0.39, 0.29) is 40.6 Å². The van der Waals surface area contributed by atoms with Crippen LogP contribution in [0.5, 0.6) is 0 Å². The number of anilines is 1. The second-order valence-electron chi connectivity index (χ2n) is 13.2. The lowest BCUT2D eigenvalue weighted by molar-refractivity contribution is 0.0612. The smallest absolute Gasteiger partial charge is 0.200 e. The standard InChI is InChI=1S/C39H40FN5O4/c1-25-2-5-28(6-3-25)34-23-44(21-26-8-12-48-13-9-26)24-35(38(34)47)37(46)17-27-4-7-32(36(40)16-27)33-18-29(19-42-39(33)41)30-20-43-45(22-30)31-10-14-49-15-11-31/h2-7,16,18-20,22-24,26,31H,8-15,17,21H2,1H3,(H2,41,42). The van der Waals surface area contributed by atoms with Crippen LogP contribution in [0.25, 0.3) is 33.4 Å². The highest BCUT2D eigenvalue weighted by Crippen LogP contribution is 2.33. The van der Waals surface area contributed by atoms with Crippen molar-refractivity contribution < 1.29 is 18.7 Å². The van der Waals surface area contributed by atoms with Crippen LogP contribution in [0.15, 0.2) is 84.3 Å². The summed E-state index contributed by atoms with van der Waals surface area (Å²) in [5, 5.41) is 4.56. The molecule has 2 N–H and O–H groups in total. The number of Topliss-reactive ketones (excluding diaryl/α,β-unsaturated/α-hetero) is 1. The molecule has 0 amide bonds. The average Bonchev–Trinajstić information content (AvgIpc) is 3.61. The Morgan fingerprint density at radius 3 is 2.33 bits per heavy atom. The zero-order valence-corrected chi connectivity index (χ0v) is 27.6. The number of pyridine rings is 2. The van der Waals surface area contributed by atoms with Gasteiger partial charge in [-0.05, 0) is 61.8 Å². The van der Waals surface area contributed by atoms with Crippen LogP contribution in [0.1, 0.15) is 53.2 Å². The van der Waals surface area contributed by atoms with E-state index < -0.39 is 5.82 Å². The number of aryl methyl sites for hydroxylation is 1. The van der Waals surface area contributed by atoms with Gasteiger partial charge in [0.05, 0.1) is 17.8 Å². The predicted octanol–water partition coefficient (Wildman–Crippen LogP) is 6.67. The number of carbonyl (C=O) groups excluding carboxylic acids is 1. The number of nitrogen functional groups attached to an aromatic ring is 1. The number of nitrogens with two attached hydrogens (primary N) is 1. The Balaban J connectivity index is 1.14. The van der Waals surface area contributed by atoms with E-state index in [1.165, 1.54) is 6.07 Å². The van der Waals surface area contributed by atoms with Gasteiger partial charge in [-0.3, -0.25) is 14.3 Å². The van der Waals surface area contributed by atoms with Crippen LogP contribution in [0.4, 0.5) is 10.2 Å². The van der Waals surface area contributed by atoms with Gasteiger partial charge < -0.3 is 19.8 Å². The molecule has 0 aliphatic carbocycles. The molecule has 2 aliphatic heterocycles. The number of rotatable bonds is 9. The maximum Gasteiger partial charge on any atom is 0.200 e. The van der Waals surface area contributed by atoms with Gasteiger partial charge in [0.1, 0.15) is 11.6 Å². The average molecular weight is 662 g/mol. The summed E-state index contributed by atoms with van der Waals surface area (Å²) in [5.41, 5.74) is 11.1. The van der Waals surface area contributed by atoms with Crippen LogP contribution < -0.4 is 11.2 Å². The lowest BCUT2D eigenvalue weighted by Crippen LogP contribution is -2.25. The molecule has 9 nitrogen and oxygen atoms in total. The van der Waals surface area contributed by atoms with Crippen molar-refractivity contribution in [1.82, 2.24) is 19.3 Å². The highest BCUT2D eigenvalue weighted by atomic mass is 19.1. The summed E-state index contributed by atoms with van der Waals surface area (Å²) in [6.45, 7) is 5.50. The van der Waals surface area contributed by atoms with Crippen LogP contribution in [-0.4, -0.2) is 51.5 Å². The Morgan fingerprint density at radius 2 is 1.59 bits per heavy atom. The minimum Gasteiger partial charge on any atom is -0.383 e. The Bertz CT molecular complexity index is 2020. The number of nitrogens with zero attached hydrogens (tertiary/aromatic N) is 4. The molecule has 49 heavy (non-hydrogen) atoms. The van der Waals surface area contributed by atoms with E-state index in [1.54, 1.807) is 30.7 Å². The third kappa shape index (κ3) is 7.25. The summed E-state index contributed by atoms with van der Waals surface area (Å²) in [6.07, 6.45) is 12.4. The largest absolute Gasteiger partial charge is 0.383 e. The Hall–Kier alpha value is -4.93. The third-order valence-corrected chi connectivity index (χ3v) is 9.66. The lowest BCUT2D eigenvalue weighted by atomic mass is 9.96. The van der Waals surface area contributed by atoms with Gasteiger partial charge in [-0.15, -0.1) is 0 Å². The van der Waals surface area contributed by atoms with Gasteiger partial charge in [-0.2, -0.15) is 5.10 Å². The number of halogens is 1. The minimum atomic E-state index is -0.529. The molecule has 2 fully saturated rings. The van der Waals surface area contributed by atoms with Crippen LogP contribution in [0.3, 0.4) is 0 Å². The normalized spacial score (nSPS) is 15.8. The summed E-state index contributed by atoms with van der Waals surface area (Å²) in [4.78, 5) is 31.9. The third-order valence-electron chi connectivity index (χ3n) is 9.66. The first-order valence-corrected chi connectivity index (χ1v) is 16.9. The molecular formula is C39H40FN5O4. The number of carbonyl (C=O) groups is 1. The van der Waals surface area contributed by atoms with Gasteiger partial charge in [0.2, 0.25) is 0 Å². The second kappa shape index (κ2) is 14.3. The van der Waals surface area contributed by atoms with Gasteiger partial charge in [0.25, 0.3) is 0 Å². The predicted molar refractivity (Wildman–Crippen MR) is 187 cm³/mol. The van der Waals surface area contributed by atoms with Crippen LogP contribution in [0, 0.1) is 18.7 Å². The Labute approximate surface area is 284 Å².